The quantitative estimate of drug-likeness (QED) is 0.152. The Morgan fingerprint density at radius 1 is 1.00 bits per heavy atom. The number of benzene rings is 2. The third kappa shape index (κ3) is 9.99. The minimum absolute atomic E-state index is 0.0286. The highest BCUT2D eigenvalue weighted by molar-refractivity contribution is 5.93. The molecular weight excluding hydrogens is 616 g/mol. The second-order valence-corrected chi connectivity index (χ2v) is 12.8. The second-order valence-electron chi connectivity index (χ2n) is 12.8. The number of nitrogens with zero attached hydrogens (tertiary/aromatic N) is 3. The number of nitrogens with two attached hydrogens (primary N) is 1. The van der Waals surface area contributed by atoms with Gasteiger partial charge >= 0.3 is 11.9 Å². The molecule has 1 aliphatic heterocycles. The van der Waals surface area contributed by atoms with E-state index >= 15 is 0 Å². The van der Waals surface area contributed by atoms with E-state index in [0.717, 1.165) is 22.0 Å². The molecule has 3 amide bonds. The van der Waals surface area contributed by atoms with Gasteiger partial charge in [0.25, 0.3) is 0 Å². The van der Waals surface area contributed by atoms with Gasteiger partial charge in [-0.3, -0.25) is 19.4 Å². The van der Waals surface area contributed by atoms with E-state index < -0.39 is 34.8 Å². The zero-order chi connectivity index (χ0) is 35.6. The average Bonchev–Trinajstić information content (AvgIpc) is 3.45. The molecule has 2 heterocycles. The SMILES string of the molecule is CN(C)N(C)C(=O)[C@@]1(Cc2ccccc2)CCCN(C(=O)[C@@H](Cc2c[nH]c3ccccc23)NC(=O)C(C)(C)N)C1.O=C(O)/C=C/C(=O)O. The lowest BCUT2D eigenvalue weighted by Gasteiger charge is -2.45. The number of aromatic amines is 1. The maximum Gasteiger partial charge on any atom is 0.328 e. The lowest BCUT2D eigenvalue weighted by atomic mass is 9.74. The van der Waals surface area contributed by atoms with Crippen LogP contribution in [0.3, 0.4) is 0 Å². The monoisotopic (exact) mass is 662 g/mol. The van der Waals surface area contributed by atoms with Crippen LogP contribution in [0, 0.1) is 5.41 Å². The minimum atomic E-state index is -1.26. The van der Waals surface area contributed by atoms with Gasteiger partial charge in [0.1, 0.15) is 6.04 Å². The molecule has 1 aromatic heterocycles. The normalized spacial score (nSPS) is 17.0. The lowest BCUT2D eigenvalue weighted by molar-refractivity contribution is -0.159. The Bertz CT molecular complexity index is 1610. The number of likely N-dealkylation sites (tertiary alicyclic amines) is 1. The predicted octanol–water partition coefficient (Wildman–Crippen LogP) is 2.43. The van der Waals surface area contributed by atoms with Crippen molar-refractivity contribution in [3.8, 4) is 0 Å². The van der Waals surface area contributed by atoms with Gasteiger partial charge in [0.15, 0.2) is 0 Å². The van der Waals surface area contributed by atoms with E-state index in [0.29, 0.717) is 44.4 Å². The third-order valence-corrected chi connectivity index (χ3v) is 8.28. The van der Waals surface area contributed by atoms with Crippen LogP contribution in [0.5, 0.6) is 0 Å². The fourth-order valence-electron chi connectivity index (χ4n) is 5.65. The summed E-state index contributed by atoms with van der Waals surface area (Å²) in [7, 11) is 5.43. The Kier molecular flexibility index (Phi) is 12.6. The molecule has 258 valence electrons. The van der Waals surface area contributed by atoms with Crippen molar-refractivity contribution >= 4 is 40.6 Å². The molecule has 0 saturated carbocycles. The Balaban J connectivity index is 0.000000694. The largest absolute Gasteiger partial charge is 0.478 e. The first-order chi connectivity index (χ1) is 22.5. The maximum atomic E-state index is 14.2. The van der Waals surface area contributed by atoms with Crippen LogP contribution in [0.1, 0.15) is 37.8 Å². The molecular formula is C35H46N6O7. The van der Waals surface area contributed by atoms with Gasteiger partial charge in [0.05, 0.1) is 11.0 Å². The molecule has 4 rings (SSSR count). The van der Waals surface area contributed by atoms with Crippen LogP contribution in [-0.2, 0) is 36.8 Å². The van der Waals surface area contributed by atoms with E-state index in [1.165, 1.54) is 0 Å². The van der Waals surface area contributed by atoms with Gasteiger partial charge in [-0.25, -0.2) is 14.6 Å². The summed E-state index contributed by atoms with van der Waals surface area (Å²) in [4.78, 5) is 65.3. The summed E-state index contributed by atoms with van der Waals surface area (Å²) in [5, 5.41) is 22.9. The number of hydrogen-bond donors (Lipinski definition) is 5. The van der Waals surface area contributed by atoms with Gasteiger partial charge in [-0.2, -0.15) is 0 Å². The number of fused-ring (bicyclic) bond motifs is 1. The Morgan fingerprint density at radius 2 is 1.60 bits per heavy atom. The van der Waals surface area contributed by atoms with Crippen molar-refractivity contribution in [2.75, 3.05) is 34.2 Å². The van der Waals surface area contributed by atoms with Gasteiger partial charge in [-0.1, -0.05) is 48.5 Å². The number of carbonyl (C=O) groups excluding carboxylic acids is 3. The molecule has 0 bridgehead atoms. The fourth-order valence-corrected chi connectivity index (χ4v) is 5.65. The van der Waals surface area contributed by atoms with Crippen molar-refractivity contribution < 1.29 is 34.2 Å². The first kappa shape index (κ1) is 37.4. The summed E-state index contributed by atoms with van der Waals surface area (Å²) < 4.78 is 0. The van der Waals surface area contributed by atoms with Crippen LogP contribution >= 0.6 is 0 Å². The number of carbonyl (C=O) groups is 5. The van der Waals surface area contributed by atoms with Gasteiger partial charge in [-0.05, 0) is 50.3 Å². The Morgan fingerprint density at radius 3 is 2.19 bits per heavy atom. The number of hydrazine groups is 1. The van der Waals surface area contributed by atoms with Crippen molar-refractivity contribution in [1.82, 2.24) is 25.2 Å². The number of rotatable bonds is 11. The van der Waals surface area contributed by atoms with Gasteiger partial charge in [0.2, 0.25) is 17.7 Å². The molecule has 3 aromatic rings. The molecule has 2 aromatic carbocycles. The van der Waals surface area contributed by atoms with Gasteiger partial charge in [-0.15, -0.1) is 0 Å². The summed E-state index contributed by atoms with van der Waals surface area (Å²) in [5.41, 5.74) is 7.10. The van der Waals surface area contributed by atoms with E-state index in [1.807, 2.05) is 74.9 Å². The highest BCUT2D eigenvalue weighted by Crippen LogP contribution is 2.36. The fraction of sp³-hybridized carbons (Fsp3) is 0.400. The number of aliphatic carboxylic acids is 2. The molecule has 6 N–H and O–H groups in total. The predicted molar refractivity (Wildman–Crippen MR) is 181 cm³/mol. The zero-order valence-electron chi connectivity index (χ0n) is 28.1. The Labute approximate surface area is 280 Å². The van der Waals surface area contributed by atoms with E-state index in [-0.39, 0.29) is 18.4 Å². The van der Waals surface area contributed by atoms with Crippen LogP contribution in [0.2, 0.25) is 0 Å². The number of H-pyrrole nitrogens is 1. The van der Waals surface area contributed by atoms with Crippen LogP contribution in [-0.4, -0.2) is 106 Å². The molecule has 2 atom stereocenters. The molecule has 0 spiro atoms. The second kappa shape index (κ2) is 16.2. The topological polar surface area (TPSA) is 189 Å². The van der Waals surface area contributed by atoms with Crippen LogP contribution in [0.15, 0.2) is 72.9 Å². The summed E-state index contributed by atoms with van der Waals surface area (Å²) in [6.45, 7) is 4.03. The standard InChI is InChI=1S/C31H42N6O3.C4H4O4/c1-30(2,32)28(39)34-26(18-23-20-33-25-15-10-9-14-24(23)25)27(38)37-17-11-16-31(21-37,29(40)36(5)35(3)4)19-22-12-7-6-8-13-22;5-3(6)1-2-4(7)8/h6-10,12-15,20,26,33H,11,16-19,21,32H2,1-5H3,(H,34,39);1-2H,(H,5,6)(H,7,8)/b;2-1+/t26-,31-;/m1./s1. The molecule has 1 saturated heterocycles. The number of aromatic nitrogens is 1. The summed E-state index contributed by atoms with van der Waals surface area (Å²) in [5.74, 6) is -3.15. The molecule has 0 radical (unpaired) electrons. The first-order valence-electron chi connectivity index (χ1n) is 15.6. The molecule has 0 unspecified atom stereocenters. The summed E-state index contributed by atoms with van der Waals surface area (Å²) >= 11 is 0. The number of amides is 3. The molecule has 48 heavy (non-hydrogen) atoms. The minimum Gasteiger partial charge on any atom is -0.478 e. The smallest absolute Gasteiger partial charge is 0.328 e. The summed E-state index contributed by atoms with van der Waals surface area (Å²) in [6.07, 6.45) is 5.17. The van der Waals surface area contributed by atoms with E-state index in [4.69, 9.17) is 15.9 Å². The van der Waals surface area contributed by atoms with Gasteiger partial charge in [0, 0.05) is 69.9 Å². The number of nitrogens with one attached hydrogen (secondary N) is 2. The molecule has 13 heteroatoms. The van der Waals surface area contributed by atoms with Crippen molar-refractivity contribution in [2.45, 2.75) is 51.1 Å². The van der Waals surface area contributed by atoms with E-state index in [1.54, 1.807) is 35.8 Å². The van der Waals surface area contributed by atoms with Crippen molar-refractivity contribution in [3.05, 3.63) is 84.1 Å². The molecule has 0 aliphatic carbocycles. The molecule has 1 fully saturated rings. The Hall–Kier alpha value is -5.01. The highest BCUT2D eigenvalue weighted by atomic mass is 16.4. The third-order valence-electron chi connectivity index (χ3n) is 8.28. The lowest BCUT2D eigenvalue weighted by Crippen LogP contribution is -2.61. The highest BCUT2D eigenvalue weighted by Gasteiger charge is 2.46. The number of carboxylic acids is 2. The van der Waals surface area contributed by atoms with Gasteiger partial charge < -0.3 is 31.1 Å². The van der Waals surface area contributed by atoms with Crippen LogP contribution < -0.4 is 11.1 Å². The maximum absolute atomic E-state index is 14.2. The number of hydrogen-bond acceptors (Lipinski definition) is 7. The number of para-hydroxylation sites is 1. The van der Waals surface area contributed by atoms with E-state index in [2.05, 4.69) is 10.3 Å². The van der Waals surface area contributed by atoms with Crippen molar-refractivity contribution in [1.29, 1.82) is 0 Å². The number of piperidine rings is 1. The van der Waals surface area contributed by atoms with Crippen molar-refractivity contribution in [2.24, 2.45) is 11.1 Å². The van der Waals surface area contributed by atoms with Crippen LogP contribution in [0.25, 0.3) is 10.9 Å². The van der Waals surface area contributed by atoms with E-state index in [9.17, 15) is 24.0 Å². The molecule has 13 nitrogen and oxygen atoms in total. The summed E-state index contributed by atoms with van der Waals surface area (Å²) in [6, 6.07) is 17.0. The first-order valence-corrected chi connectivity index (χ1v) is 15.6. The van der Waals surface area contributed by atoms with Crippen molar-refractivity contribution in [3.63, 3.8) is 0 Å². The number of carboxylic acid groups (broad SMARTS) is 2. The molecule has 1 aliphatic rings. The average molecular weight is 663 g/mol. The zero-order valence-corrected chi connectivity index (χ0v) is 28.1. The van der Waals surface area contributed by atoms with Crippen LogP contribution in [0.4, 0.5) is 0 Å².